The molecule has 0 saturated heterocycles. The number of hydrogen-bond donors (Lipinski definition) is 2. The van der Waals surface area contributed by atoms with Gasteiger partial charge in [0.15, 0.2) is 0 Å². The van der Waals surface area contributed by atoms with Gasteiger partial charge >= 0.3 is 0 Å². The van der Waals surface area contributed by atoms with Crippen LogP contribution < -0.4 is 4.72 Å². The molecule has 122 valence electrons. The Morgan fingerprint density at radius 3 is 2.43 bits per heavy atom. The molecule has 1 aromatic heterocycles. The molecule has 0 aliphatic carbocycles. The highest BCUT2D eigenvalue weighted by Crippen LogP contribution is 2.31. The minimum absolute atomic E-state index is 0.0882. The number of hydrogen-bond acceptors (Lipinski definition) is 5. The van der Waals surface area contributed by atoms with Crippen LogP contribution in [-0.4, -0.2) is 10.1 Å². The zero-order chi connectivity index (χ0) is 17.2. The molecule has 0 bridgehead atoms. The van der Waals surface area contributed by atoms with E-state index < -0.39 is 0 Å². The summed E-state index contributed by atoms with van der Waals surface area (Å²) in [5, 5.41) is 0.0882. The number of aryl methyl sites for hydroxylation is 2. The summed E-state index contributed by atoms with van der Waals surface area (Å²) < 4.78 is 3.09. The molecule has 23 heavy (non-hydrogen) atoms. The number of carbonyl (C=O) groups excluding carboxylic acids is 1. The van der Waals surface area contributed by atoms with Gasteiger partial charge in [-0.2, -0.15) is 0 Å². The second-order valence-corrected chi connectivity index (χ2v) is 7.91. The van der Waals surface area contributed by atoms with Crippen molar-refractivity contribution in [1.29, 1.82) is 0 Å². The minimum Gasteiger partial charge on any atom is -0.322 e. The van der Waals surface area contributed by atoms with Crippen LogP contribution in [0.5, 0.6) is 0 Å². The number of rotatable bonds is 3. The van der Waals surface area contributed by atoms with E-state index in [0.29, 0.717) is 0 Å². The van der Waals surface area contributed by atoms with E-state index in [1.807, 2.05) is 45.9 Å². The maximum absolute atomic E-state index is 12.0. The first-order chi connectivity index (χ1) is 10.7. The number of nitrogens with zero attached hydrogens (tertiary/aromatic N) is 1. The highest BCUT2D eigenvalue weighted by molar-refractivity contribution is 8.14. The molecule has 2 aromatic rings. The lowest BCUT2D eigenvalue weighted by Gasteiger charge is -2.16. The molecule has 0 spiro atoms. The maximum atomic E-state index is 12.0. The van der Waals surface area contributed by atoms with E-state index >= 15 is 0 Å². The van der Waals surface area contributed by atoms with Crippen LogP contribution in [0, 0.1) is 19.3 Å². The van der Waals surface area contributed by atoms with Gasteiger partial charge in [-0.3, -0.25) is 9.78 Å². The molecule has 0 unspecified atom stereocenters. The van der Waals surface area contributed by atoms with Crippen molar-refractivity contribution in [3.05, 3.63) is 41.6 Å². The second kappa shape index (κ2) is 6.97. The van der Waals surface area contributed by atoms with Crippen molar-refractivity contribution in [2.24, 2.45) is 5.41 Å². The lowest BCUT2D eigenvalue weighted by Crippen LogP contribution is -2.17. The van der Waals surface area contributed by atoms with Crippen LogP contribution in [0.2, 0.25) is 0 Å². The normalized spacial score (nSPS) is 11.4. The molecule has 0 saturated carbocycles. The van der Waals surface area contributed by atoms with E-state index in [2.05, 4.69) is 41.4 Å². The van der Waals surface area contributed by atoms with Crippen LogP contribution in [0.15, 0.2) is 35.2 Å². The summed E-state index contributed by atoms with van der Waals surface area (Å²) in [5.74, 6) is 0. The van der Waals surface area contributed by atoms with Gasteiger partial charge < -0.3 is 4.72 Å². The van der Waals surface area contributed by atoms with Gasteiger partial charge in [0, 0.05) is 33.5 Å². The molecule has 0 aliphatic heterocycles. The van der Waals surface area contributed by atoms with E-state index in [1.54, 1.807) is 0 Å². The first-order valence-corrected chi connectivity index (χ1v) is 8.69. The van der Waals surface area contributed by atoms with E-state index in [-0.39, 0.29) is 10.5 Å². The van der Waals surface area contributed by atoms with E-state index in [4.69, 9.17) is 0 Å². The summed E-state index contributed by atoms with van der Waals surface area (Å²) in [5.41, 5.74) is 4.57. The molecule has 1 N–H and O–H groups in total. The molecule has 0 amide bonds. The summed E-state index contributed by atoms with van der Waals surface area (Å²) >= 11 is 5.63. The Hall–Kier alpha value is -1.46. The molecule has 0 atom stereocenters. The topological polar surface area (TPSA) is 42.0 Å². The third-order valence-corrected chi connectivity index (χ3v) is 4.75. The summed E-state index contributed by atoms with van der Waals surface area (Å²) in [6.07, 6.45) is 0. The lowest BCUT2D eigenvalue weighted by atomic mass is 10.00. The fourth-order valence-electron chi connectivity index (χ4n) is 2.02. The SMILES string of the molecule is Cc1cc(C)nc(-c2ccc(NSC(=O)C(C)(C)C)c(S)c2)c1. The summed E-state index contributed by atoms with van der Waals surface area (Å²) in [7, 11) is 0. The minimum atomic E-state index is -0.378. The van der Waals surface area contributed by atoms with Crippen molar-refractivity contribution in [1.82, 2.24) is 4.98 Å². The molecular weight excluding hydrogens is 324 g/mol. The van der Waals surface area contributed by atoms with Gasteiger partial charge in [0.1, 0.15) is 0 Å². The Bertz CT molecular complexity index is 716. The van der Waals surface area contributed by atoms with Gasteiger partial charge in [0.2, 0.25) is 5.12 Å². The predicted molar refractivity (Wildman–Crippen MR) is 102 cm³/mol. The van der Waals surface area contributed by atoms with Crippen molar-refractivity contribution >= 4 is 35.4 Å². The third kappa shape index (κ3) is 4.75. The van der Waals surface area contributed by atoms with E-state index in [1.165, 1.54) is 5.56 Å². The average Bonchev–Trinajstić information content (AvgIpc) is 2.43. The van der Waals surface area contributed by atoms with Crippen LogP contribution >= 0.6 is 24.6 Å². The van der Waals surface area contributed by atoms with Crippen LogP contribution in [0.1, 0.15) is 32.0 Å². The third-order valence-electron chi connectivity index (χ3n) is 3.26. The van der Waals surface area contributed by atoms with Gasteiger partial charge in [-0.15, -0.1) is 12.6 Å². The molecule has 3 nitrogen and oxygen atoms in total. The highest BCUT2D eigenvalue weighted by atomic mass is 32.2. The zero-order valence-corrected chi connectivity index (χ0v) is 15.8. The van der Waals surface area contributed by atoms with Gasteiger partial charge in [0.05, 0.1) is 11.4 Å². The predicted octanol–water partition coefficient (Wildman–Crippen LogP) is 5.29. The Morgan fingerprint density at radius 1 is 1.17 bits per heavy atom. The fourth-order valence-corrected chi connectivity index (χ4v) is 3.05. The highest BCUT2D eigenvalue weighted by Gasteiger charge is 2.22. The average molecular weight is 347 g/mol. The quantitative estimate of drug-likeness (QED) is 0.585. The number of carbonyl (C=O) groups is 1. The van der Waals surface area contributed by atoms with Crippen molar-refractivity contribution in [2.45, 2.75) is 39.5 Å². The van der Waals surface area contributed by atoms with Crippen LogP contribution in [0.3, 0.4) is 0 Å². The van der Waals surface area contributed by atoms with Crippen LogP contribution in [0.25, 0.3) is 11.3 Å². The Morgan fingerprint density at radius 2 is 1.87 bits per heavy atom. The number of anilines is 1. The van der Waals surface area contributed by atoms with Crippen molar-refractivity contribution in [3.8, 4) is 11.3 Å². The molecule has 1 aromatic carbocycles. The van der Waals surface area contributed by atoms with Crippen molar-refractivity contribution in [3.63, 3.8) is 0 Å². The Labute approximate surface area is 147 Å². The van der Waals surface area contributed by atoms with Gasteiger partial charge in [-0.1, -0.05) is 26.8 Å². The molecule has 0 fully saturated rings. The van der Waals surface area contributed by atoms with Crippen molar-refractivity contribution < 1.29 is 4.79 Å². The first kappa shape index (κ1) is 17.9. The monoisotopic (exact) mass is 346 g/mol. The Balaban J connectivity index is 2.19. The molecule has 0 radical (unpaired) electrons. The number of benzene rings is 1. The number of nitrogens with one attached hydrogen (secondary N) is 1. The zero-order valence-electron chi connectivity index (χ0n) is 14.1. The summed E-state index contributed by atoms with van der Waals surface area (Å²) in [6, 6.07) is 10.00. The van der Waals surface area contributed by atoms with Crippen LogP contribution in [-0.2, 0) is 4.79 Å². The van der Waals surface area contributed by atoms with Crippen molar-refractivity contribution in [2.75, 3.05) is 4.72 Å². The van der Waals surface area contributed by atoms with E-state index in [9.17, 15) is 4.79 Å². The van der Waals surface area contributed by atoms with Gasteiger partial charge in [-0.25, -0.2) is 0 Å². The smallest absolute Gasteiger partial charge is 0.214 e. The van der Waals surface area contributed by atoms with Gasteiger partial charge in [-0.05, 0) is 43.7 Å². The second-order valence-electron chi connectivity index (χ2n) is 6.64. The van der Waals surface area contributed by atoms with E-state index in [0.717, 1.165) is 39.5 Å². The summed E-state index contributed by atoms with van der Waals surface area (Å²) in [4.78, 5) is 17.3. The first-order valence-electron chi connectivity index (χ1n) is 7.43. The fraction of sp³-hybridized carbons (Fsp3) is 0.333. The number of pyridine rings is 1. The summed E-state index contributed by atoms with van der Waals surface area (Å²) in [6.45, 7) is 9.76. The number of thiol groups is 1. The Kier molecular flexibility index (Phi) is 5.42. The lowest BCUT2D eigenvalue weighted by molar-refractivity contribution is -0.117. The molecule has 0 aliphatic rings. The molecule has 2 rings (SSSR count). The largest absolute Gasteiger partial charge is 0.322 e. The van der Waals surface area contributed by atoms with Gasteiger partial charge in [0.25, 0.3) is 0 Å². The number of aromatic nitrogens is 1. The molecule has 5 heteroatoms. The molecular formula is C18H22N2OS2. The molecule has 1 heterocycles. The maximum Gasteiger partial charge on any atom is 0.214 e. The standard InChI is InChI=1S/C18H22N2OS2/c1-11-8-12(2)19-15(9-11)13-6-7-14(16(22)10-13)20-23-17(21)18(3,4)5/h6-10,20,22H,1-5H3. The van der Waals surface area contributed by atoms with Crippen LogP contribution in [0.4, 0.5) is 5.69 Å².